The maximum absolute atomic E-state index is 12.0. The molecule has 0 aromatic carbocycles. The van der Waals surface area contributed by atoms with E-state index in [-0.39, 0.29) is 5.97 Å². The molecule has 2 aliphatic rings. The Bertz CT molecular complexity index is 703. The van der Waals surface area contributed by atoms with Crippen LogP contribution in [0.15, 0.2) is 12.3 Å². The molecule has 6 heteroatoms. The number of carbonyl (C=O) groups is 1. The van der Waals surface area contributed by atoms with E-state index in [0.717, 1.165) is 24.3 Å². The van der Waals surface area contributed by atoms with Gasteiger partial charge in [-0.1, -0.05) is 12.8 Å². The second-order valence-electron chi connectivity index (χ2n) is 5.74. The van der Waals surface area contributed by atoms with Crippen molar-refractivity contribution < 1.29 is 9.53 Å². The van der Waals surface area contributed by atoms with E-state index in [9.17, 15) is 4.79 Å². The molecule has 0 atom stereocenters. The first kappa shape index (κ1) is 12.6. The smallest absolute Gasteiger partial charge is 0.357 e. The van der Waals surface area contributed by atoms with Crippen LogP contribution in [0.25, 0.3) is 5.65 Å². The monoisotopic (exact) mass is 286 g/mol. The second kappa shape index (κ2) is 4.72. The molecule has 0 amide bonds. The highest BCUT2D eigenvalue weighted by Crippen LogP contribution is 2.36. The van der Waals surface area contributed by atoms with Gasteiger partial charge in [0.15, 0.2) is 11.3 Å². The van der Waals surface area contributed by atoms with Crippen molar-refractivity contribution in [2.45, 2.75) is 38.1 Å². The normalized spacial score (nSPS) is 18.4. The van der Waals surface area contributed by atoms with Gasteiger partial charge in [0.2, 0.25) is 0 Å². The summed E-state index contributed by atoms with van der Waals surface area (Å²) in [4.78, 5) is 18.9. The van der Waals surface area contributed by atoms with Gasteiger partial charge < -0.3 is 9.64 Å². The van der Waals surface area contributed by atoms with Crippen molar-refractivity contribution in [3.05, 3.63) is 23.5 Å². The van der Waals surface area contributed by atoms with E-state index in [1.807, 2.05) is 10.6 Å². The molecule has 0 unspecified atom stereocenters. The molecular formula is C15H18N4O2. The van der Waals surface area contributed by atoms with Gasteiger partial charge in [-0.3, -0.25) is 0 Å². The molecule has 2 aromatic rings. The number of ether oxygens (including phenoxy) is 1. The van der Waals surface area contributed by atoms with E-state index >= 15 is 0 Å². The Balaban J connectivity index is 1.90. The summed E-state index contributed by atoms with van der Waals surface area (Å²) in [5.74, 6) is 0.681. The van der Waals surface area contributed by atoms with E-state index in [4.69, 9.17) is 4.74 Å². The average Bonchev–Trinajstić information content (AvgIpc) is 3.21. The zero-order valence-corrected chi connectivity index (χ0v) is 12.1. The van der Waals surface area contributed by atoms with Crippen LogP contribution >= 0.6 is 0 Å². The Morgan fingerprint density at radius 1 is 1.38 bits per heavy atom. The molecule has 1 aliphatic carbocycles. The summed E-state index contributed by atoms with van der Waals surface area (Å²) in [6.07, 6.45) is 7.57. The first-order chi connectivity index (χ1) is 10.3. The molecular weight excluding hydrogens is 268 g/mol. The van der Waals surface area contributed by atoms with Crippen molar-refractivity contribution in [1.82, 2.24) is 14.6 Å². The van der Waals surface area contributed by atoms with Gasteiger partial charge in [0.05, 0.1) is 13.3 Å². The third-order valence-electron chi connectivity index (χ3n) is 4.62. The minimum Gasteiger partial charge on any atom is -0.464 e. The lowest BCUT2D eigenvalue weighted by atomic mass is 10.2. The van der Waals surface area contributed by atoms with Crippen molar-refractivity contribution >= 4 is 17.4 Å². The molecule has 1 aliphatic heterocycles. The molecule has 1 saturated carbocycles. The molecule has 21 heavy (non-hydrogen) atoms. The van der Waals surface area contributed by atoms with Gasteiger partial charge in [-0.25, -0.2) is 9.78 Å². The van der Waals surface area contributed by atoms with Gasteiger partial charge >= 0.3 is 5.97 Å². The molecule has 0 saturated heterocycles. The first-order valence-corrected chi connectivity index (χ1v) is 7.51. The molecule has 3 heterocycles. The lowest BCUT2D eigenvalue weighted by Crippen LogP contribution is -2.32. The van der Waals surface area contributed by atoms with Gasteiger partial charge in [0.1, 0.15) is 5.82 Å². The average molecular weight is 286 g/mol. The van der Waals surface area contributed by atoms with Crippen molar-refractivity contribution in [3.8, 4) is 0 Å². The van der Waals surface area contributed by atoms with E-state index in [1.54, 1.807) is 6.20 Å². The summed E-state index contributed by atoms with van der Waals surface area (Å²) < 4.78 is 6.77. The SMILES string of the molecule is COC(=O)c1nc2ccnn2c2c1CCN2C1CCCC1. The number of hydrogen-bond donors (Lipinski definition) is 0. The fourth-order valence-corrected chi connectivity index (χ4v) is 3.66. The Morgan fingerprint density at radius 2 is 2.19 bits per heavy atom. The highest BCUT2D eigenvalue weighted by molar-refractivity contribution is 5.91. The molecule has 6 nitrogen and oxygen atoms in total. The van der Waals surface area contributed by atoms with Crippen molar-refractivity contribution in [1.29, 1.82) is 0 Å². The highest BCUT2D eigenvalue weighted by Gasteiger charge is 2.34. The van der Waals surface area contributed by atoms with Crippen LogP contribution in [0.4, 0.5) is 5.82 Å². The van der Waals surface area contributed by atoms with Gasteiger partial charge in [0.25, 0.3) is 0 Å². The van der Waals surface area contributed by atoms with Crippen molar-refractivity contribution in [2.75, 3.05) is 18.6 Å². The second-order valence-corrected chi connectivity index (χ2v) is 5.74. The van der Waals surface area contributed by atoms with E-state index < -0.39 is 0 Å². The minimum atomic E-state index is -0.358. The fraction of sp³-hybridized carbons (Fsp3) is 0.533. The van der Waals surface area contributed by atoms with E-state index in [2.05, 4.69) is 15.0 Å². The summed E-state index contributed by atoms with van der Waals surface area (Å²) in [5.41, 5.74) is 2.13. The molecule has 0 N–H and O–H groups in total. The number of nitrogens with zero attached hydrogens (tertiary/aromatic N) is 4. The number of fused-ring (bicyclic) bond motifs is 3. The molecule has 0 radical (unpaired) electrons. The molecule has 0 bridgehead atoms. The van der Waals surface area contributed by atoms with Crippen LogP contribution in [0.2, 0.25) is 0 Å². The molecule has 1 fully saturated rings. The van der Waals surface area contributed by atoms with Crippen LogP contribution in [0.5, 0.6) is 0 Å². The zero-order valence-electron chi connectivity index (χ0n) is 12.1. The van der Waals surface area contributed by atoms with Crippen LogP contribution < -0.4 is 4.90 Å². The fourth-order valence-electron chi connectivity index (χ4n) is 3.66. The number of aromatic nitrogens is 3. The number of carbonyl (C=O) groups excluding carboxylic acids is 1. The van der Waals surface area contributed by atoms with E-state index in [0.29, 0.717) is 17.4 Å². The Hall–Kier alpha value is -2.11. The summed E-state index contributed by atoms with van der Waals surface area (Å²) in [5, 5.41) is 4.40. The summed E-state index contributed by atoms with van der Waals surface area (Å²) in [6.45, 7) is 0.935. The largest absolute Gasteiger partial charge is 0.464 e. The number of methoxy groups -OCH3 is 1. The maximum atomic E-state index is 12.0. The van der Waals surface area contributed by atoms with E-state index in [1.165, 1.54) is 32.8 Å². The minimum absolute atomic E-state index is 0.358. The predicted molar refractivity (Wildman–Crippen MR) is 77.6 cm³/mol. The Labute approximate surface area is 122 Å². The molecule has 4 rings (SSSR count). The molecule has 110 valence electrons. The topological polar surface area (TPSA) is 59.7 Å². The number of rotatable bonds is 2. The first-order valence-electron chi connectivity index (χ1n) is 7.51. The third-order valence-corrected chi connectivity index (χ3v) is 4.62. The lowest BCUT2D eigenvalue weighted by Gasteiger charge is -2.26. The predicted octanol–water partition coefficient (Wildman–Crippen LogP) is 1.82. The van der Waals surface area contributed by atoms with Crippen LogP contribution in [-0.2, 0) is 11.2 Å². The Morgan fingerprint density at radius 3 is 2.95 bits per heavy atom. The third kappa shape index (κ3) is 1.81. The molecule has 0 spiro atoms. The standard InChI is InChI=1S/C15H18N4O2/c1-21-15(20)13-11-7-9-18(10-4-2-3-5-10)14(11)19-12(17-13)6-8-16-19/h6,8,10H,2-5,7,9H2,1H3. The lowest BCUT2D eigenvalue weighted by molar-refractivity contribution is 0.0593. The van der Waals surface area contributed by atoms with Crippen molar-refractivity contribution in [3.63, 3.8) is 0 Å². The quantitative estimate of drug-likeness (QED) is 0.788. The van der Waals surface area contributed by atoms with Gasteiger partial charge in [0, 0.05) is 24.2 Å². The number of anilines is 1. The highest BCUT2D eigenvalue weighted by atomic mass is 16.5. The summed E-state index contributed by atoms with van der Waals surface area (Å²) >= 11 is 0. The number of hydrogen-bond acceptors (Lipinski definition) is 5. The molecule has 2 aromatic heterocycles. The van der Waals surface area contributed by atoms with Crippen LogP contribution in [0.1, 0.15) is 41.7 Å². The van der Waals surface area contributed by atoms with Gasteiger partial charge in [-0.05, 0) is 19.3 Å². The van der Waals surface area contributed by atoms with Gasteiger partial charge in [-0.2, -0.15) is 9.61 Å². The van der Waals surface area contributed by atoms with Crippen molar-refractivity contribution in [2.24, 2.45) is 0 Å². The van der Waals surface area contributed by atoms with Crippen LogP contribution in [0.3, 0.4) is 0 Å². The zero-order chi connectivity index (χ0) is 14.4. The Kier molecular flexibility index (Phi) is 2.83. The number of esters is 1. The van der Waals surface area contributed by atoms with Crippen LogP contribution in [-0.4, -0.2) is 40.3 Å². The van der Waals surface area contributed by atoms with Gasteiger partial charge in [-0.15, -0.1) is 0 Å². The summed E-state index contributed by atoms with van der Waals surface area (Å²) in [6, 6.07) is 2.39. The summed E-state index contributed by atoms with van der Waals surface area (Å²) in [7, 11) is 1.40. The van der Waals surface area contributed by atoms with Crippen LogP contribution in [0, 0.1) is 0 Å². The maximum Gasteiger partial charge on any atom is 0.357 e.